The van der Waals surface area contributed by atoms with Crippen LogP contribution in [0.1, 0.15) is 25.7 Å². The van der Waals surface area contributed by atoms with E-state index in [2.05, 4.69) is 5.32 Å². The Morgan fingerprint density at radius 2 is 1.84 bits per heavy atom. The van der Waals surface area contributed by atoms with Crippen molar-refractivity contribution in [3.8, 4) is 0 Å². The highest BCUT2D eigenvalue weighted by Gasteiger charge is 2.60. The Morgan fingerprint density at radius 1 is 1.26 bits per heavy atom. The fourth-order valence-electron chi connectivity index (χ4n) is 2.95. The molecule has 0 radical (unpaired) electrons. The van der Waals surface area contributed by atoms with E-state index in [1.165, 1.54) is 13.2 Å². The number of hydrogen-bond donors (Lipinski definition) is 1. The first kappa shape index (κ1) is 12.5. The van der Waals surface area contributed by atoms with Gasteiger partial charge in [-0.15, -0.1) is 0 Å². The Kier molecular flexibility index (Phi) is 2.96. The van der Waals surface area contributed by atoms with Crippen molar-refractivity contribution in [3.63, 3.8) is 0 Å². The molecule has 0 spiro atoms. The molecule has 2 saturated carbocycles. The van der Waals surface area contributed by atoms with E-state index >= 15 is 0 Å². The molecule has 0 heterocycles. The molecule has 2 fully saturated rings. The Balaban J connectivity index is 1.95. The van der Waals surface area contributed by atoms with Gasteiger partial charge in [0.2, 0.25) is 0 Å². The predicted octanol–water partition coefficient (Wildman–Crippen LogP) is 2.97. The van der Waals surface area contributed by atoms with E-state index < -0.39 is 5.54 Å². The van der Waals surface area contributed by atoms with Crippen molar-refractivity contribution in [1.82, 2.24) is 0 Å². The summed E-state index contributed by atoms with van der Waals surface area (Å²) >= 11 is 0. The lowest BCUT2D eigenvalue weighted by molar-refractivity contribution is -0.147. The predicted molar refractivity (Wildman–Crippen MR) is 70.2 cm³/mol. The number of ether oxygens (including phenoxy) is 1. The molecular formula is C15H18FNO2. The molecule has 0 bridgehead atoms. The van der Waals surface area contributed by atoms with Crippen LogP contribution in [0.15, 0.2) is 24.3 Å². The molecule has 102 valence electrons. The molecule has 0 atom stereocenters. The van der Waals surface area contributed by atoms with E-state index in [0.717, 1.165) is 25.7 Å². The van der Waals surface area contributed by atoms with Crippen LogP contribution < -0.4 is 5.32 Å². The number of carbonyl (C=O) groups is 1. The number of esters is 1. The summed E-state index contributed by atoms with van der Waals surface area (Å²) in [6.07, 6.45) is 4.03. The van der Waals surface area contributed by atoms with Crippen LogP contribution in [-0.2, 0) is 9.53 Å². The molecule has 0 aliphatic heterocycles. The minimum Gasteiger partial charge on any atom is -0.467 e. The summed E-state index contributed by atoms with van der Waals surface area (Å²) in [6, 6.07) is 6.50. The van der Waals surface area contributed by atoms with Crippen molar-refractivity contribution in [1.29, 1.82) is 0 Å². The first-order chi connectivity index (χ1) is 9.18. The van der Waals surface area contributed by atoms with E-state index in [1.807, 2.05) is 0 Å². The second kappa shape index (κ2) is 4.51. The highest BCUT2D eigenvalue weighted by Crippen LogP contribution is 2.54. The largest absolute Gasteiger partial charge is 0.467 e. The van der Waals surface area contributed by atoms with E-state index in [-0.39, 0.29) is 23.6 Å². The quantitative estimate of drug-likeness (QED) is 0.830. The number of methoxy groups -OCH3 is 1. The Labute approximate surface area is 112 Å². The van der Waals surface area contributed by atoms with E-state index in [4.69, 9.17) is 4.74 Å². The first-order valence-corrected chi connectivity index (χ1v) is 6.79. The molecule has 1 aromatic carbocycles. The van der Waals surface area contributed by atoms with Gasteiger partial charge in [0.05, 0.1) is 12.8 Å². The SMILES string of the molecule is COC(=O)C(Nc1ccccc1F)(C1CC1)C1CC1. The van der Waals surface area contributed by atoms with Crippen molar-refractivity contribution in [2.75, 3.05) is 12.4 Å². The molecule has 19 heavy (non-hydrogen) atoms. The standard InChI is InChI=1S/C15H18FNO2/c1-19-14(18)15(10-6-7-10,11-8-9-11)17-13-5-3-2-4-12(13)16/h2-5,10-11,17H,6-9H2,1H3. The summed E-state index contributed by atoms with van der Waals surface area (Å²) in [5, 5.41) is 3.19. The number of para-hydroxylation sites is 1. The van der Waals surface area contributed by atoms with Gasteiger partial charge in [0.25, 0.3) is 0 Å². The average Bonchev–Trinajstić information content (AvgIpc) is 3.29. The van der Waals surface area contributed by atoms with Gasteiger partial charge in [0.1, 0.15) is 11.4 Å². The van der Waals surface area contributed by atoms with Gasteiger partial charge in [-0.05, 0) is 49.7 Å². The average molecular weight is 263 g/mol. The summed E-state index contributed by atoms with van der Waals surface area (Å²) in [7, 11) is 1.41. The Bertz CT molecular complexity index is 483. The van der Waals surface area contributed by atoms with Gasteiger partial charge >= 0.3 is 5.97 Å². The maximum atomic E-state index is 13.8. The summed E-state index contributed by atoms with van der Waals surface area (Å²) in [6.45, 7) is 0. The molecule has 1 N–H and O–H groups in total. The third-order valence-electron chi connectivity index (χ3n) is 4.18. The Hall–Kier alpha value is -1.58. The van der Waals surface area contributed by atoms with Crippen LogP contribution >= 0.6 is 0 Å². The van der Waals surface area contributed by atoms with Crippen LogP contribution in [-0.4, -0.2) is 18.6 Å². The lowest BCUT2D eigenvalue weighted by atomic mass is 9.87. The number of carbonyl (C=O) groups excluding carboxylic acids is 1. The van der Waals surface area contributed by atoms with Crippen LogP contribution in [0.4, 0.5) is 10.1 Å². The molecular weight excluding hydrogens is 245 g/mol. The lowest BCUT2D eigenvalue weighted by Gasteiger charge is -2.33. The van der Waals surface area contributed by atoms with Gasteiger partial charge in [0.15, 0.2) is 0 Å². The highest BCUT2D eigenvalue weighted by molar-refractivity contribution is 5.86. The molecule has 4 heteroatoms. The minimum absolute atomic E-state index is 0.249. The van der Waals surface area contributed by atoms with Gasteiger partial charge in [-0.25, -0.2) is 9.18 Å². The van der Waals surface area contributed by atoms with Gasteiger partial charge < -0.3 is 10.1 Å². The fraction of sp³-hybridized carbons (Fsp3) is 0.533. The van der Waals surface area contributed by atoms with E-state index in [1.54, 1.807) is 18.2 Å². The molecule has 0 amide bonds. The summed E-state index contributed by atoms with van der Waals surface area (Å²) < 4.78 is 18.8. The monoisotopic (exact) mass is 263 g/mol. The normalized spacial score (nSPS) is 19.1. The summed E-state index contributed by atoms with van der Waals surface area (Å²) in [5.74, 6) is -0.0306. The maximum absolute atomic E-state index is 13.8. The topological polar surface area (TPSA) is 38.3 Å². The number of benzene rings is 1. The zero-order valence-electron chi connectivity index (χ0n) is 11.0. The number of anilines is 1. The second-order valence-electron chi connectivity index (χ2n) is 5.51. The third-order valence-corrected chi connectivity index (χ3v) is 4.18. The van der Waals surface area contributed by atoms with Crippen LogP contribution in [0.2, 0.25) is 0 Å². The van der Waals surface area contributed by atoms with E-state index in [9.17, 15) is 9.18 Å². The zero-order valence-corrected chi connectivity index (χ0v) is 11.0. The van der Waals surface area contributed by atoms with Gasteiger partial charge in [-0.2, -0.15) is 0 Å². The molecule has 3 rings (SSSR count). The fourth-order valence-corrected chi connectivity index (χ4v) is 2.95. The summed E-state index contributed by atoms with van der Waals surface area (Å²) in [5.41, 5.74) is -0.330. The van der Waals surface area contributed by atoms with Crippen molar-refractivity contribution in [2.45, 2.75) is 31.2 Å². The zero-order chi connectivity index (χ0) is 13.5. The lowest BCUT2D eigenvalue weighted by Crippen LogP contribution is -2.51. The van der Waals surface area contributed by atoms with Gasteiger partial charge in [0, 0.05) is 0 Å². The summed E-state index contributed by atoms with van der Waals surface area (Å²) in [4.78, 5) is 12.3. The van der Waals surface area contributed by atoms with Crippen LogP contribution in [0.25, 0.3) is 0 Å². The molecule has 0 aromatic heterocycles. The van der Waals surface area contributed by atoms with Crippen LogP contribution in [0, 0.1) is 17.7 Å². The molecule has 2 aliphatic carbocycles. The van der Waals surface area contributed by atoms with Crippen LogP contribution in [0.3, 0.4) is 0 Å². The van der Waals surface area contributed by atoms with Crippen molar-refractivity contribution in [2.24, 2.45) is 11.8 Å². The third kappa shape index (κ3) is 2.09. The maximum Gasteiger partial charge on any atom is 0.332 e. The molecule has 3 nitrogen and oxygen atoms in total. The number of nitrogens with one attached hydrogen (secondary N) is 1. The van der Waals surface area contributed by atoms with Crippen LogP contribution in [0.5, 0.6) is 0 Å². The number of hydrogen-bond acceptors (Lipinski definition) is 3. The van der Waals surface area contributed by atoms with Crippen molar-refractivity contribution < 1.29 is 13.9 Å². The van der Waals surface area contributed by atoms with Crippen molar-refractivity contribution in [3.05, 3.63) is 30.1 Å². The highest BCUT2D eigenvalue weighted by atomic mass is 19.1. The van der Waals surface area contributed by atoms with Gasteiger partial charge in [-0.1, -0.05) is 12.1 Å². The van der Waals surface area contributed by atoms with Gasteiger partial charge in [-0.3, -0.25) is 0 Å². The smallest absolute Gasteiger partial charge is 0.332 e. The molecule has 2 aliphatic rings. The van der Waals surface area contributed by atoms with E-state index in [0.29, 0.717) is 5.69 Å². The minimum atomic E-state index is -0.725. The molecule has 0 saturated heterocycles. The number of halogens is 1. The second-order valence-corrected chi connectivity index (χ2v) is 5.51. The molecule has 0 unspecified atom stereocenters. The Morgan fingerprint density at radius 3 is 2.32 bits per heavy atom. The molecule has 1 aromatic rings. The first-order valence-electron chi connectivity index (χ1n) is 6.79. The number of rotatable bonds is 5. The van der Waals surface area contributed by atoms with Crippen molar-refractivity contribution >= 4 is 11.7 Å².